The minimum absolute atomic E-state index is 0.273. The molecule has 2 heterocycles. The highest BCUT2D eigenvalue weighted by Crippen LogP contribution is 2.29. The summed E-state index contributed by atoms with van der Waals surface area (Å²) >= 11 is 0. The molecule has 3 atom stereocenters. The molecule has 1 aromatic rings. The van der Waals surface area contributed by atoms with Gasteiger partial charge in [0.15, 0.2) is 0 Å². The number of fused-ring (bicyclic) bond motifs is 1. The first-order valence-corrected chi connectivity index (χ1v) is 6.36. The average Bonchev–Trinajstić information content (AvgIpc) is 2.87. The Morgan fingerprint density at radius 2 is 2.06 bits per heavy atom. The van der Waals surface area contributed by atoms with E-state index >= 15 is 0 Å². The van der Waals surface area contributed by atoms with Crippen LogP contribution in [0.25, 0.3) is 0 Å². The molecule has 0 amide bonds. The highest BCUT2D eigenvalue weighted by Gasteiger charge is 2.39. The molecule has 0 aliphatic carbocycles. The second kappa shape index (κ2) is 4.77. The van der Waals surface area contributed by atoms with E-state index in [-0.39, 0.29) is 6.10 Å². The summed E-state index contributed by atoms with van der Waals surface area (Å²) in [6.45, 7) is 5.66. The molecule has 3 rings (SSSR count). The van der Waals surface area contributed by atoms with Crippen LogP contribution in [0.2, 0.25) is 0 Å². The summed E-state index contributed by atoms with van der Waals surface area (Å²) in [6.07, 6.45) is 0.273. The first kappa shape index (κ1) is 11.2. The lowest BCUT2D eigenvalue weighted by Gasteiger charge is -2.40. The van der Waals surface area contributed by atoms with Gasteiger partial charge in [-0.25, -0.2) is 0 Å². The molecule has 2 aliphatic heterocycles. The Morgan fingerprint density at radius 3 is 2.88 bits per heavy atom. The predicted molar refractivity (Wildman–Crippen MR) is 65.9 cm³/mol. The number of hydrogen-bond acceptors (Lipinski definition) is 3. The third kappa shape index (κ3) is 2.10. The molecule has 1 aromatic carbocycles. The number of ether oxygens (including phenoxy) is 2. The van der Waals surface area contributed by atoms with E-state index in [1.165, 1.54) is 5.56 Å². The molecular formula is C14H19NO2. The summed E-state index contributed by atoms with van der Waals surface area (Å²) < 4.78 is 11.3. The summed E-state index contributed by atoms with van der Waals surface area (Å²) in [5.74, 6) is 0. The highest BCUT2D eigenvalue weighted by molar-refractivity contribution is 5.19. The number of morpholine rings is 1. The Bertz CT molecular complexity index is 368. The van der Waals surface area contributed by atoms with Crippen LogP contribution in [0.4, 0.5) is 0 Å². The van der Waals surface area contributed by atoms with Gasteiger partial charge in [-0.05, 0) is 12.5 Å². The lowest BCUT2D eigenvalue weighted by molar-refractivity contribution is -0.0620. The molecule has 2 fully saturated rings. The van der Waals surface area contributed by atoms with Gasteiger partial charge in [-0.15, -0.1) is 0 Å². The maximum absolute atomic E-state index is 5.75. The van der Waals surface area contributed by atoms with Crippen molar-refractivity contribution in [3.8, 4) is 0 Å². The average molecular weight is 233 g/mol. The Kier molecular flexibility index (Phi) is 3.14. The van der Waals surface area contributed by atoms with Gasteiger partial charge in [-0.2, -0.15) is 0 Å². The molecule has 2 unspecified atom stereocenters. The normalized spacial score (nSPS) is 31.1. The van der Waals surface area contributed by atoms with Gasteiger partial charge >= 0.3 is 0 Å². The van der Waals surface area contributed by atoms with Crippen molar-refractivity contribution >= 4 is 0 Å². The summed E-state index contributed by atoms with van der Waals surface area (Å²) in [4.78, 5) is 2.52. The van der Waals surface area contributed by atoms with E-state index < -0.39 is 0 Å². The van der Waals surface area contributed by atoms with Gasteiger partial charge in [0.05, 0.1) is 32.0 Å². The van der Waals surface area contributed by atoms with Gasteiger partial charge in [-0.3, -0.25) is 4.90 Å². The van der Waals surface area contributed by atoms with E-state index in [1.807, 2.05) is 0 Å². The molecule has 0 saturated carbocycles. The minimum atomic E-state index is 0.273. The predicted octanol–water partition coefficient (Wildman–Crippen LogP) is 1.85. The largest absolute Gasteiger partial charge is 0.377 e. The van der Waals surface area contributed by atoms with Crippen molar-refractivity contribution < 1.29 is 9.47 Å². The number of benzene rings is 1. The Morgan fingerprint density at radius 1 is 1.24 bits per heavy atom. The maximum Gasteiger partial charge on any atom is 0.0986 e. The van der Waals surface area contributed by atoms with E-state index in [9.17, 15) is 0 Å². The van der Waals surface area contributed by atoms with Crippen LogP contribution in [0.1, 0.15) is 18.5 Å². The second-order valence-corrected chi connectivity index (χ2v) is 4.84. The summed E-state index contributed by atoms with van der Waals surface area (Å²) in [5, 5.41) is 0. The van der Waals surface area contributed by atoms with E-state index in [0.29, 0.717) is 12.1 Å². The quantitative estimate of drug-likeness (QED) is 0.778. The number of hydrogen-bond donors (Lipinski definition) is 0. The zero-order chi connectivity index (χ0) is 11.7. The molecule has 17 heavy (non-hydrogen) atoms. The van der Waals surface area contributed by atoms with Gasteiger partial charge in [-0.1, -0.05) is 30.3 Å². The Balaban J connectivity index is 1.79. The lowest BCUT2D eigenvalue weighted by atomic mass is 10.0. The fourth-order valence-corrected chi connectivity index (χ4v) is 2.87. The summed E-state index contributed by atoms with van der Waals surface area (Å²) in [6, 6.07) is 11.5. The van der Waals surface area contributed by atoms with Crippen molar-refractivity contribution in [3.05, 3.63) is 35.9 Å². The molecule has 0 N–H and O–H groups in total. The SMILES string of the molecule is C[C@H](c1ccccc1)N1CCOC2COCC21. The monoisotopic (exact) mass is 233 g/mol. The third-order valence-electron chi connectivity index (χ3n) is 3.89. The summed E-state index contributed by atoms with van der Waals surface area (Å²) in [7, 11) is 0. The van der Waals surface area contributed by atoms with Gasteiger partial charge in [0, 0.05) is 12.6 Å². The van der Waals surface area contributed by atoms with Crippen LogP contribution in [-0.2, 0) is 9.47 Å². The van der Waals surface area contributed by atoms with E-state index in [0.717, 1.165) is 26.4 Å². The van der Waals surface area contributed by atoms with Crippen LogP contribution in [0.15, 0.2) is 30.3 Å². The van der Waals surface area contributed by atoms with Crippen LogP contribution < -0.4 is 0 Å². The zero-order valence-corrected chi connectivity index (χ0v) is 10.2. The van der Waals surface area contributed by atoms with Crippen molar-refractivity contribution in [2.45, 2.75) is 25.1 Å². The third-order valence-corrected chi connectivity index (χ3v) is 3.89. The molecule has 0 spiro atoms. The van der Waals surface area contributed by atoms with Gasteiger partial charge in [0.1, 0.15) is 0 Å². The smallest absolute Gasteiger partial charge is 0.0986 e. The van der Waals surface area contributed by atoms with E-state index in [1.54, 1.807) is 0 Å². The van der Waals surface area contributed by atoms with Crippen molar-refractivity contribution in [2.75, 3.05) is 26.4 Å². The molecule has 2 aliphatic rings. The molecule has 92 valence electrons. The first-order chi connectivity index (χ1) is 8.36. The van der Waals surface area contributed by atoms with Crippen LogP contribution >= 0.6 is 0 Å². The minimum Gasteiger partial charge on any atom is -0.377 e. The molecule has 3 heteroatoms. The molecular weight excluding hydrogens is 214 g/mol. The molecule has 0 aromatic heterocycles. The molecule has 2 saturated heterocycles. The van der Waals surface area contributed by atoms with Crippen molar-refractivity contribution in [3.63, 3.8) is 0 Å². The van der Waals surface area contributed by atoms with Gasteiger partial charge in [0.2, 0.25) is 0 Å². The van der Waals surface area contributed by atoms with Crippen LogP contribution in [0, 0.1) is 0 Å². The van der Waals surface area contributed by atoms with Crippen molar-refractivity contribution in [2.24, 2.45) is 0 Å². The van der Waals surface area contributed by atoms with E-state index in [4.69, 9.17) is 9.47 Å². The standard InChI is InChI=1S/C14H19NO2/c1-11(12-5-3-2-4-6-12)15-7-8-17-14-10-16-9-13(14)15/h2-6,11,13-14H,7-10H2,1H3/t11-,13?,14?/m1/s1. The van der Waals surface area contributed by atoms with Crippen molar-refractivity contribution in [1.29, 1.82) is 0 Å². The summed E-state index contributed by atoms with van der Waals surface area (Å²) in [5.41, 5.74) is 1.38. The number of rotatable bonds is 2. The Labute approximate surface area is 102 Å². The molecule has 3 nitrogen and oxygen atoms in total. The maximum atomic E-state index is 5.75. The molecule has 0 radical (unpaired) electrons. The fraction of sp³-hybridized carbons (Fsp3) is 0.571. The van der Waals surface area contributed by atoms with Crippen LogP contribution in [0.5, 0.6) is 0 Å². The van der Waals surface area contributed by atoms with Gasteiger partial charge in [0.25, 0.3) is 0 Å². The topological polar surface area (TPSA) is 21.7 Å². The fourth-order valence-electron chi connectivity index (χ4n) is 2.87. The number of nitrogens with zero attached hydrogens (tertiary/aromatic N) is 1. The first-order valence-electron chi connectivity index (χ1n) is 6.36. The van der Waals surface area contributed by atoms with Gasteiger partial charge < -0.3 is 9.47 Å². The van der Waals surface area contributed by atoms with Crippen LogP contribution in [0.3, 0.4) is 0 Å². The van der Waals surface area contributed by atoms with Crippen molar-refractivity contribution in [1.82, 2.24) is 4.90 Å². The zero-order valence-electron chi connectivity index (χ0n) is 10.2. The second-order valence-electron chi connectivity index (χ2n) is 4.84. The highest BCUT2D eigenvalue weighted by atomic mass is 16.6. The lowest BCUT2D eigenvalue weighted by Crippen LogP contribution is -2.51. The van der Waals surface area contributed by atoms with E-state index in [2.05, 4.69) is 42.2 Å². The van der Waals surface area contributed by atoms with Crippen LogP contribution in [-0.4, -0.2) is 43.4 Å². The molecule has 0 bridgehead atoms. The Hall–Kier alpha value is -0.900.